The molecule has 7 heteroatoms. The molecule has 19 heavy (non-hydrogen) atoms. The van der Waals surface area contributed by atoms with Crippen molar-refractivity contribution >= 4 is 23.7 Å². The van der Waals surface area contributed by atoms with Gasteiger partial charge in [0.15, 0.2) is 0 Å². The lowest BCUT2D eigenvalue weighted by Crippen LogP contribution is -2.18. The van der Waals surface area contributed by atoms with Crippen LogP contribution in [0.3, 0.4) is 0 Å². The summed E-state index contributed by atoms with van der Waals surface area (Å²) >= 11 is 1.34. The molecule has 2 N–H and O–H groups in total. The van der Waals surface area contributed by atoms with Crippen LogP contribution in [0.2, 0.25) is 0 Å². The molecule has 1 aromatic heterocycles. The van der Waals surface area contributed by atoms with Gasteiger partial charge in [-0.15, -0.1) is 12.4 Å². The highest BCUT2D eigenvalue weighted by Crippen LogP contribution is 2.36. The first-order chi connectivity index (χ1) is 8.39. The molecule has 1 atom stereocenters. The summed E-state index contributed by atoms with van der Waals surface area (Å²) in [6.45, 7) is 0. The van der Waals surface area contributed by atoms with Crippen molar-refractivity contribution in [2.75, 3.05) is 0 Å². The predicted molar refractivity (Wildman–Crippen MR) is 69.0 cm³/mol. The maximum Gasteiger partial charge on any atom is 0.416 e. The van der Waals surface area contributed by atoms with Crippen molar-refractivity contribution in [2.24, 2.45) is 5.73 Å². The number of nitrogens with two attached hydrogens (primary N) is 1. The lowest BCUT2D eigenvalue weighted by Gasteiger charge is -2.17. The summed E-state index contributed by atoms with van der Waals surface area (Å²) in [5, 5.41) is 3.40. The number of halogens is 5. The summed E-state index contributed by atoms with van der Waals surface area (Å²) in [5.41, 5.74) is 5.22. The molecule has 0 radical (unpaired) electrons. The molecule has 0 amide bonds. The largest absolute Gasteiger partial charge is 0.416 e. The summed E-state index contributed by atoms with van der Waals surface area (Å²) in [6.07, 6.45) is -4.62. The average Bonchev–Trinajstić information content (AvgIpc) is 2.80. The second-order valence-corrected chi connectivity index (χ2v) is 4.54. The Morgan fingerprint density at radius 1 is 1.16 bits per heavy atom. The fourth-order valence-electron chi connectivity index (χ4n) is 1.68. The van der Waals surface area contributed by atoms with Crippen molar-refractivity contribution in [2.45, 2.75) is 12.2 Å². The summed E-state index contributed by atoms with van der Waals surface area (Å²) in [7, 11) is 0. The van der Waals surface area contributed by atoms with E-state index in [1.165, 1.54) is 11.3 Å². The Morgan fingerprint density at radius 2 is 1.84 bits per heavy atom. The monoisotopic (exact) mass is 311 g/mol. The average molecular weight is 312 g/mol. The van der Waals surface area contributed by atoms with Crippen LogP contribution in [-0.2, 0) is 6.18 Å². The van der Waals surface area contributed by atoms with Crippen molar-refractivity contribution in [3.8, 4) is 0 Å². The standard InChI is InChI=1S/C12H9F4NS.ClH/c13-8-1-2-9(10(5-8)12(14,15)16)11(17)7-3-4-18-6-7;/h1-6,11H,17H2;1H/t11-;/m0./s1. The summed E-state index contributed by atoms with van der Waals surface area (Å²) < 4.78 is 51.4. The normalized spacial score (nSPS) is 12.9. The van der Waals surface area contributed by atoms with E-state index in [2.05, 4.69) is 0 Å². The molecule has 0 fully saturated rings. The van der Waals surface area contributed by atoms with Crippen LogP contribution in [0.1, 0.15) is 22.7 Å². The van der Waals surface area contributed by atoms with Gasteiger partial charge in [-0.1, -0.05) is 6.07 Å². The molecule has 1 aromatic carbocycles. The lowest BCUT2D eigenvalue weighted by atomic mass is 9.96. The van der Waals surface area contributed by atoms with E-state index >= 15 is 0 Å². The molecule has 2 aromatic rings. The highest BCUT2D eigenvalue weighted by Gasteiger charge is 2.35. The number of hydrogen-bond acceptors (Lipinski definition) is 2. The van der Waals surface area contributed by atoms with Crippen LogP contribution in [0.15, 0.2) is 35.0 Å². The van der Waals surface area contributed by atoms with Gasteiger partial charge in [0.2, 0.25) is 0 Å². The van der Waals surface area contributed by atoms with Crippen LogP contribution in [0.5, 0.6) is 0 Å². The number of alkyl halides is 3. The Kier molecular flexibility index (Phi) is 4.95. The maximum atomic E-state index is 12.9. The lowest BCUT2D eigenvalue weighted by molar-refractivity contribution is -0.138. The van der Waals surface area contributed by atoms with Gasteiger partial charge in [0.05, 0.1) is 11.6 Å². The van der Waals surface area contributed by atoms with E-state index in [0.717, 1.165) is 12.1 Å². The number of hydrogen-bond donors (Lipinski definition) is 1. The van der Waals surface area contributed by atoms with E-state index in [1.54, 1.807) is 16.8 Å². The van der Waals surface area contributed by atoms with Gasteiger partial charge in [0.25, 0.3) is 0 Å². The van der Waals surface area contributed by atoms with E-state index in [0.29, 0.717) is 11.6 Å². The van der Waals surface area contributed by atoms with Gasteiger partial charge in [-0.2, -0.15) is 24.5 Å². The van der Waals surface area contributed by atoms with Crippen molar-refractivity contribution in [3.63, 3.8) is 0 Å². The fraction of sp³-hybridized carbons (Fsp3) is 0.167. The van der Waals surface area contributed by atoms with Crippen LogP contribution in [0, 0.1) is 5.82 Å². The zero-order chi connectivity index (χ0) is 13.3. The molecule has 0 aliphatic heterocycles. The van der Waals surface area contributed by atoms with Crippen molar-refractivity contribution in [1.29, 1.82) is 0 Å². The highest BCUT2D eigenvalue weighted by molar-refractivity contribution is 7.08. The van der Waals surface area contributed by atoms with Crippen LogP contribution < -0.4 is 5.73 Å². The van der Waals surface area contributed by atoms with Gasteiger partial charge in [-0.3, -0.25) is 0 Å². The molecule has 0 aliphatic carbocycles. The zero-order valence-corrected chi connectivity index (χ0v) is 11.1. The molecular formula is C12H10ClF4NS. The van der Waals surface area contributed by atoms with Crippen molar-refractivity contribution in [1.82, 2.24) is 0 Å². The summed E-state index contributed by atoms with van der Waals surface area (Å²) in [6, 6.07) is 3.28. The smallest absolute Gasteiger partial charge is 0.320 e. The van der Waals surface area contributed by atoms with Gasteiger partial charge < -0.3 is 5.73 Å². The molecular weight excluding hydrogens is 302 g/mol. The van der Waals surface area contributed by atoms with E-state index in [1.807, 2.05) is 0 Å². The Labute approximate surface area is 117 Å². The fourth-order valence-corrected chi connectivity index (χ4v) is 2.37. The second-order valence-electron chi connectivity index (χ2n) is 3.76. The third kappa shape index (κ3) is 3.46. The van der Waals surface area contributed by atoms with Gasteiger partial charge >= 0.3 is 6.18 Å². The SMILES string of the molecule is Cl.N[C@@H](c1ccsc1)c1ccc(F)cc1C(F)(F)F. The third-order valence-corrected chi connectivity index (χ3v) is 3.26. The van der Waals surface area contributed by atoms with Crippen LogP contribution in [0.25, 0.3) is 0 Å². The highest BCUT2D eigenvalue weighted by atomic mass is 35.5. The number of benzene rings is 1. The maximum absolute atomic E-state index is 12.9. The predicted octanol–water partition coefficient (Wildman–Crippen LogP) is 4.38. The van der Waals surface area contributed by atoms with Gasteiger partial charge in [0, 0.05) is 0 Å². The Balaban J connectivity index is 0.00000180. The summed E-state index contributed by atoms with van der Waals surface area (Å²) in [5.74, 6) is -0.927. The number of thiophene rings is 1. The molecule has 0 unspecified atom stereocenters. The van der Waals surface area contributed by atoms with E-state index in [9.17, 15) is 17.6 Å². The molecule has 0 aliphatic rings. The molecule has 104 valence electrons. The van der Waals surface area contributed by atoms with Crippen LogP contribution in [0.4, 0.5) is 17.6 Å². The van der Waals surface area contributed by atoms with Crippen molar-refractivity contribution in [3.05, 3.63) is 57.5 Å². The van der Waals surface area contributed by atoms with Crippen molar-refractivity contribution < 1.29 is 17.6 Å². The Morgan fingerprint density at radius 3 is 2.37 bits per heavy atom. The van der Waals surface area contributed by atoms with Gasteiger partial charge in [-0.25, -0.2) is 4.39 Å². The van der Waals surface area contributed by atoms with Crippen LogP contribution >= 0.6 is 23.7 Å². The topological polar surface area (TPSA) is 26.0 Å². The molecule has 1 nitrogen and oxygen atoms in total. The van der Waals surface area contributed by atoms with E-state index < -0.39 is 23.6 Å². The quantitative estimate of drug-likeness (QED) is 0.819. The van der Waals surface area contributed by atoms with E-state index in [-0.39, 0.29) is 18.0 Å². The second kappa shape index (κ2) is 5.90. The minimum absolute atomic E-state index is 0. The molecule has 0 saturated carbocycles. The van der Waals surface area contributed by atoms with Gasteiger partial charge in [-0.05, 0) is 40.1 Å². The minimum atomic E-state index is -4.62. The van der Waals surface area contributed by atoms with Crippen LogP contribution in [-0.4, -0.2) is 0 Å². The first kappa shape index (κ1) is 15.9. The molecule has 0 bridgehead atoms. The molecule has 2 rings (SSSR count). The number of rotatable bonds is 2. The minimum Gasteiger partial charge on any atom is -0.320 e. The molecule has 0 saturated heterocycles. The molecule has 1 heterocycles. The Bertz CT molecular complexity index is 539. The zero-order valence-electron chi connectivity index (χ0n) is 9.45. The first-order valence-corrected chi connectivity index (χ1v) is 5.98. The Hall–Kier alpha value is -1.11. The summed E-state index contributed by atoms with van der Waals surface area (Å²) in [4.78, 5) is 0. The third-order valence-electron chi connectivity index (χ3n) is 2.56. The van der Waals surface area contributed by atoms with E-state index in [4.69, 9.17) is 5.73 Å². The van der Waals surface area contributed by atoms with Gasteiger partial charge in [0.1, 0.15) is 5.82 Å². The first-order valence-electron chi connectivity index (χ1n) is 5.04. The molecule has 0 spiro atoms.